The summed E-state index contributed by atoms with van der Waals surface area (Å²) in [5.74, 6) is 0.792. The van der Waals surface area contributed by atoms with Gasteiger partial charge >= 0.3 is 0 Å². The third-order valence-corrected chi connectivity index (χ3v) is 8.21. The molecular formula is C25H34N2O4S. The van der Waals surface area contributed by atoms with Gasteiger partial charge in [-0.2, -0.15) is 4.31 Å². The van der Waals surface area contributed by atoms with Crippen LogP contribution in [0.3, 0.4) is 0 Å². The lowest BCUT2D eigenvalue weighted by molar-refractivity contribution is -0.123. The molecule has 1 saturated heterocycles. The van der Waals surface area contributed by atoms with E-state index in [-0.39, 0.29) is 23.5 Å². The summed E-state index contributed by atoms with van der Waals surface area (Å²) in [5.41, 5.74) is 4.65. The fourth-order valence-electron chi connectivity index (χ4n) is 4.04. The van der Waals surface area contributed by atoms with Crippen LogP contribution >= 0.6 is 0 Å². The van der Waals surface area contributed by atoms with E-state index in [1.54, 1.807) is 28.6 Å². The molecule has 1 atom stereocenters. The molecule has 7 heteroatoms. The van der Waals surface area contributed by atoms with Crippen LogP contribution in [0.1, 0.15) is 55.0 Å². The Labute approximate surface area is 192 Å². The highest BCUT2D eigenvalue weighted by molar-refractivity contribution is 7.89. The summed E-state index contributed by atoms with van der Waals surface area (Å²) in [6, 6.07) is 10.4. The molecule has 1 amide bonds. The van der Waals surface area contributed by atoms with E-state index in [1.807, 2.05) is 13.8 Å². The number of ether oxygens (including phenoxy) is 1. The predicted octanol–water partition coefficient (Wildman–Crippen LogP) is 4.29. The molecule has 1 aliphatic heterocycles. The van der Waals surface area contributed by atoms with Crippen LogP contribution in [0.25, 0.3) is 0 Å². The summed E-state index contributed by atoms with van der Waals surface area (Å²) < 4.78 is 32.8. The smallest absolute Gasteiger partial charge is 0.258 e. The summed E-state index contributed by atoms with van der Waals surface area (Å²) in [6.45, 7) is 11.3. The van der Waals surface area contributed by atoms with Crippen LogP contribution in [0, 0.1) is 26.7 Å². The van der Waals surface area contributed by atoms with Crippen molar-refractivity contribution in [2.24, 2.45) is 5.92 Å². The van der Waals surface area contributed by atoms with Crippen LogP contribution < -0.4 is 10.1 Å². The van der Waals surface area contributed by atoms with Crippen LogP contribution in [0.4, 0.5) is 0 Å². The number of carbonyl (C=O) groups excluding carboxylic acids is 1. The number of nitrogens with one attached hydrogen (secondary N) is 1. The Hall–Kier alpha value is -2.38. The molecule has 0 spiro atoms. The fraction of sp³-hybridized carbons (Fsp3) is 0.480. The molecule has 2 aromatic rings. The van der Waals surface area contributed by atoms with Gasteiger partial charge in [0.15, 0.2) is 6.61 Å². The van der Waals surface area contributed by atoms with E-state index in [0.29, 0.717) is 24.8 Å². The zero-order valence-electron chi connectivity index (χ0n) is 19.6. The largest absolute Gasteiger partial charge is 0.484 e. The van der Waals surface area contributed by atoms with Gasteiger partial charge in [-0.15, -0.1) is 0 Å². The number of benzene rings is 2. The molecule has 32 heavy (non-hydrogen) atoms. The van der Waals surface area contributed by atoms with Crippen LogP contribution in [0.5, 0.6) is 5.75 Å². The van der Waals surface area contributed by atoms with Crippen LogP contribution in [0.2, 0.25) is 0 Å². The summed E-state index contributed by atoms with van der Waals surface area (Å²) in [4.78, 5) is 12.6. The van der Waals surface area contributed by atoms with Gasteiger partial charge in [-0.25, -0.2) is 8.42 Å². The molecule has 1 fully saturated rings. The lowest BCUT2D eigenvalue weighted by Crippen LogP contribution is -2.37. The Bertz CT molecular complexity index is 1060. The first-order valence-corrected chi connectivity index (χ1v) is 12.6. The standard InChI is InChI=1S/C25H34N2O4S/c1-17-10-12-27(13-11-17)32(29,30)23-8-6-22(7-9-23)31-16-25(28)26-21(5)24-15-19(3)18(2)14-20(24)4/h6-9,14-15,17,21H,10-13,16H2,1-5H3,(H,26,28). The first-order valence-electron chi connectivity index (χ1n) is 11.2. The molecule has 1 aliphatic rings. The maximum Gasteiger partial charge on any atom is 0.258 e. The van der Waals surface area contributed by atoms with Crippen molar-refractivity contribution in [3.8, 4) is 5.75 Å². The number of hydrogen-bond donors (Lipinski definition) is 1. The number of piperidine rings is 1. The number of hydrogen-bond acceptors (Lipinski definition) is 4. The second-order valence-electron chi connectivity index (χ2n) is 8.93. The average Bonchev–Trinajstić information content (AvgIpc) is 2.75. The van der Waals surface area contributed by atoms with Crippen LogP contribution in [-0.4, -0.2) is 38.3 Å². The Balaban J connectivity index is 1.56. The molecule has 6 nitrogen and oxygen atoms in total. The van der Waals surface area contributed by atoms with Crippen molar-refractivity contribution >= 4 is 15.9 Å². The van der Waals surface area contributed by atoms with Gasteiger partial charge in [0.2, 0.25) is 10.0 Å². The van der Waals surface area contributed by atoms with Gasteiger partial charge in [0.25, 0.3) is 5.91 Å². The predicted molar refractivity (Wildman–Crippen MR) is 126 cm³/mol. The van der Waals surface area contributed by atoms with Crippen LogP contribution in [0.15, 0.2) is 41.3 Å². The van der Waals surface area contributed by atoms with Gasteiger partial charge in [-0.1, -0.05) is 19.1 Å². The molecule has 0 aromatic heterocycles. The molecule has 1 unspecified atom stereocenters. The maximum absolute atomic E-state index is 12.8. The molecule has 0 bridgehead atoms. The Kier molecular flexibility index (Phi) is 7.62. The summed E-state index contributed by atoms with van der Waals surface area (Å²) in [7, 11) is -3.49. The lowest BCUT2D eigenvalue weighted by Gasteiger charge is -2.29. The maximum atomic E-state index is 12.8. The van der Waals surface area contributed by atoms with Crippen molar-refractivity contribution in [1.82, 2.24) is 9.62 Å². The van der Waals surface area contributed by atoms with E-state index in [2.05, 4.69) is 38.2 Å². The molecule has 0 radical (unpaired) electrons. The SMILES string of the molecule is Cc1cc(C)c(C(C)NC(=O)COc2ccc(S(=O)(=O)N3CCC(C)CC3)cc2)cc1C. The number of sulfonamides is 1. The number of amides is 1. The minimum Gasteiger partial charge on any atom is -0.484 e. The highest BCUT2D eigenvalue weighted by Crippen LogP contribution is 2.25. The zero-order valence-corrected chi connectivity index (χ0v) is 20.5. The minimum atomic E-state index is -3.49. The zero-order chi connectivity index (χ0) is 23.5. The summed E-state index contributed by atoms with van der Waals surface area (Å²) >= 11 is 0. The second-order valence-corrected chi connectivity index (χ2v) is 10.9. The summed E-state index contributed by atoms with van der Waals surface area (Å²) in [6.07, 6.45) is 1.77. The lowest BCUT2D eigenvalue weighted by atomic mass is 9.96. The molecule has 2 aromatic carbocycles. The molecular weight excluding hydrogens is 424 g/mol. The number of nitrogens with zero attached hydrogens (tertiary/aromatic N) is 1. The van der Waals surface area contributed by atoms with Crippen molar-refractivity contribution in [3.63, 3.8) is 0 Å². The first kappa shape index (κ1) is 24.3. The van der Waals surface area contributed by atoms with Crippen molar-refractivity contribution in [2.45, 2.75) is 58.4 Å². The first-order chi connectivity index (χ1) is 15.1. The third-order valence-electron chi connectivity index (χ3n) is 6.30. The quantitative estimate of drug-likeness (QED) is 0.672. The fourth-order valence-corrected chi connectivity index (χ4v) is 5.51. The van der Waals surface area contributed by atoms with Gasteiger partial charge in [-0.05, 0) is 93.0 Å². The highest BCUT2D eigenvalue weighted by Gasteiger charge is 2.28. The van der Waals surface area contributed by atoms with E-state index in [0.717, 1.165) is 24.0 Å². The Morgan fingerprint density at radius 2 is 1.66 bits per heavy atom. The molecule has 0 aliphatic carbocycles. The molecule has 3 rings (SSSR count). The number of rotatable bonds is 7. The number of carbonyl (C=O) groups is 1. The number of aryl methyl sites for hydroxylation is 3. The molecule has 0 saturated carbocycles. The van der Waals surface area contributed by atoms with Gasteiger partial charge in [0.05, 0.1) is 10.9 Å². The minimum absolute atomic E-state index is 0.134. The van der Waals surface area contributed by atoms with E-state index < -0.39 is 10.0 Å². The Morgan fingerprint density at radius 1 is 1.06 bits per heavy atom. The van der Waals surface area contributed by atoms with Crippen molar-refractivity contribution < 1.29 is 17.9 Å². The van der Waals surface area contributed by atoms with E-state index in [9.17, 15) is 13.2 Å². The van der Waals surface area contributed by atoms with E-state index in [4.69, 9.17) is 4.74 Å². The highest BCUT2D eigenvalue weighted by atomic mass is 32.2. The third kappa shape index (κ3) is 5.70. The second kappa shape index (κ2) is 10.0. The van der Waals surface area contributed by atoms with Gasteiger partial charge in [0, 0.05) is 13.1 Å². The molecule has 174 valence electrons. The van der Waals surface area contributed by atoms with Crippen LogP contribution in [-0.2, 0) is 14.8 Å². The molecule has 1 N–H and O–H groups in total. The van der Waals surface area contributed by atoms with Crippen molar-refractivity contribution in [2.75, 3.05) is 19.7 Å². The van der Waals surface area contributed by atoms with Gasteiger partial charge in [-0.3, -0.25) is 4.79 Å². The van der Waals surface area contributed by atoms with Crippen molar-refractivity contribution in [3.05, 3.63) is 58.7 Å². The van der Waals surface area contributed by atoms with Crippen molar-refractivity contribution in [1.29, 1.82) is 0 Å². The van der Waals surface area contributed by atoms with Gasteiger partial charge in [0.1, 0.15) is 5.75 Å². The average molecular weight is 459 g/mol. The Morgan fingerprint density at radius 3 is 2.28 bits per heavy atom. The normalized spacial score (nSPS) is 16.5. The molecule has 1 heterocycles. The topological polar surface area (TPSA) is 75.7 Å². The monoisotopic (exact) mass is 458 g/mol. The van der Waals surface area contributed by atoms with Gasteiger partial charge < -0.3 is 10.1 Å². The van der Waals surface area contributed by atoms with E-state index >= 15 is 0 Å². The van der Waals surface area contributed by atoms with E-state index in [1.165, 1.54) is 11.1 Å². The summed E-state index contributed by atoms with van der Waals surface area (Å²) in [5, 5.41) is 2.97.